The molecule has 1 saturated heterocycles. The molecule has 2 rings (SSSR count). The predicted octanol–water partition coefficient (Wildman–Crippen LogP) is 3.27. The number of urea groups is 1. The summed E-state index contributed by atoms with van der Waals surface area (Å²) in [5, 5.41) is 3.05. The summed E-state index contributed by atoms with van der Waals surface area (Å²) in [5.41, 5.74) is 1.13. The van der Waals surface area contributed by atoms with E-state index in [1.54, 1.807) is 12.0 Å². The second kappa shape index (κ2) is 9.52. The summed E-state index contributed by atoms with van der Waals surface area (Å²) < 4.78 is 5.20. The fourth-order valence-electron chi connectivity index (χ4n) is 3.33. The van der Waals surface area contributed by atoms with Crippen LogP contribution in [0.2, 0.25) is 0 Å². The molecule has 24 heavy (non-hydrogen) atoms. The summed E-state index contributed by atoms with van der Waals surface area (Å²) in [7, 11) is 3.53. The van der Waals surface area contributed by atoms with Gasteiger partial charge in [-0.1, -0.05) is 19.1 Å². The van der Waals surface area contributed by atoms with Gasteiger partial charge in [0.2, 0.25) is 0 Å². The molecule has 1 N–H and O–H groups in total. The fourth-order valence-corrected chi connectivity index (χ4v) is 3.33. The van der Waals surface area contributed by atoms with E-state index in [0.29, 0.717) is 0 Å². The number of benzene rings is 1. The topological polar surface area (TPSA) is 44.8 Å². The average Bonchev–Trinajstić information content (AvgIpc) is 3.13. The third-order valence-electron chi connectivity index (χ3n) is 4.80. The molecule has 0 aliphatic carbocycles. The second-order valence-corrected chi connectivity index (χ2v) is 6.44. The standard InChI is InChI=1S/C19H31N3O2/c1-4-18(16-8-10-17(24-3)11-9-16)21(2)19(23)20-12-7-15-22-13-5-6-14-22/h8-11,18H,4-7,12-15H2,1-3H3,(H,20,23)/t18-/m1/s1. The molecule has 1 heterocycles. The highest BCUT2D eigenvalue weighted by molar-refractivity contribution is 5.74. The fraction of sp³-hybridized carbons (Fsp3) is 0.632. The van der Waals surface area contributed by atoms with E-state index in [1.165, 1.54) is 25.9 Å². The van der Waals surface area contributed by atoms with Gasteiger partial charge in [0, 0.05) is 13.6 Å². The van der Waals surface area contributed by atoms with Crippen LogP contribution in [0.25, 0.3) is 0 Å². The number of rotatable bonds is 8. The predicted molar refractivity (Wildman–Crippen MR) is 97.5 cm³/mol. The number of amides is 2. The second-order valence-electron chi connectivity index (χ2n) is 6.44. The van der Waals surface area contributed by atoms with E-state index in [4.69, 9.17) is 4.74 Å². The number of likely N-dealkylation sites (tertiary alicyclic amines) is 1. The highest BCUT2D eigenvalue weighted by Crippen LogP contribution is 2.24. The van der Waals surface area contributed by atoms with Gasteiger partial charge in [-0.3, -0.25) is 0 Å². The molecule has 1 fully saturated rings. The van der Waals surface area contributed by atoms with Gasteiger partial charge in [-0.15, -0.1) is 0 Å². The molecule has 1 aromatic carbocycles. The molecule has 0 bridgehead atoms. The smallest absolute Gasteiger partial charge is 0.317 e. The number of nitrogens with zero attached hydrogens (tertiary/aromatic N) is 2. The van der Waals surface area contributed by atoms with Gasteiger partial charge >= 0.3 is 6.03 Å². The zero-order chi connectivity index (χ0) is 17.4. The number of hydrogen-bond acceptors (Lipinski definition) is 3. The highest BCUT2D eigenvalue weighted by Gasteiger charge is 2.20. The van der Waals surface area contributed by atoms with Crippen molar-refractivity contribution in [1.82, 2.24) is 15.1 Å². The van der Waals surface area contributed by atoms with E-state index in [1.807, 2.05) is 31.3 Å². The number of ether oxygens (including phenoxy) is 1. The normalized spacial score (nSPS) is 16.0. The lowest BCUT2D eigenvalue weighted by molar-refractivity contribution is 0.188. The van der Waals surface area contributed by atoms with E-state index in [0.717, 1.165) is 37.2 Å². The summed E-state index contributed by atoms with van der Waals surface area (Å²) in [5.74, 6) is 0.836. The maximum atomic E-state index is 12.4. The Hall–Kier alpha value is -1.75. The molecule has 0 spiro atoms. The number of carbonyl (C=O) groups excluding carboxylic acids is 1. The number of nitrogens with one attached hydrogen (secondary N) is 1. The van der Waals surface area contributed by atoms with E-state index in [2.05, 4.69) is 17.1 Å². The van der Waals surface area contributed by atoms with Gasteiger partial charge in [0.1, 0.15) is 5.75 Å². The Kier molecular flexibility index (Phi) is 7.37. The number of hydrogen-bond donors (Lipinski definition) is 1. The highest BCUT2D eigenvalue weighted by atomic mass is 16.5. The van der Waals surface area contributed by atoms with Crippen molar-refractivity contribution >= 4 is 6.03 Å². The molecule has 2 amide bonds. The van der Waals surface area contributed by atoms with E-state index in [9.17, 15) is 4.79 Å². The molecular formula is C19H31N3O2. The molecule has 0 aromatic heterocycles. The zero-order valence-electron chi connectivity index (χ0n) is 15.3. The summed E-state index contributed by atoms with van der Waals surface area (Å²) >= 11 is 0. The van der Waals surface area contributed by atoms with Gasteiger partial charge in [0.25, 0.3) is 0 Å². The first-order valence-electron chi connectivity index (χ1n) is 9.02. The van der Waals surface area contributed by atoms with Crippen LogP contribution in [0.4, 0.5) is 4.79 Å². The Labute approximate surface area is 146 Å². The van der Waals surface area contributed by atoms with Gasteiger partial charge in [0.05, 0.1) is 13.2 Å². The minimum Gasteiger partial charge on any atom is -0.497 e. The average molecular weight is 333 g/mol. The molecule has 5 nitrogen and oxygen atoms in total. The van der Waals surface area contributed by atoms with Crippen LogP contribution in [0.3, 0.4) is 0 Å². The molecule has 5 heteroatoms. The summed E-state index contributed by atoms with van der Waals surface area (Å²) in [6, 6.07) is 8.03. The van der Waals surface area contributed by atoms with Crippen molar-refractivity contribution in [3.63, 3.8) is 0 Å². The lowest BCUT2D eigenvalue weighted by atomic mass is 10.0. The van der Waals surface area contributed by atoms with E-state index >= 15 is 0 Å². The Morgan fingerprint density at radius 3 is 2.54 bits per heavy atom. The van der Waals surface area contributed by atoms with Crippen molar-refractivity contribution in [1.29, 1.82) is 0 Å². The molecule has 1 aliphatic rings. The van der Waals surface area contributed by atoms with Crippen LogP contribution in [0.5, 0.6) is 5.75 Å². The maximum absolute atomic E-state index is 12.4. The molecule has 0 radical (unpaired) electrons. The van der Waals surface area contributed by atoms with Crippen LogP contribution < -0.4 is 10.1 Å². The van der Waals surface area contributed by atoms with Crippen LogP contribution in [0.15, 0.2) is 24.3 Å². The molecular weight excluding hydrogens is 302 g/mol. The van der Waals surface area contributed by atoms with Crippen molar-refractivity contribution in [3.05, 3.63) is 29.8 Å². The Bertz CT molecular complexity index is 498. The van der Waals surface area contributed by atoms with Crippen LogP contribution >= 0.6 is 0 Å². The number of methoxy groups -OCH3 is 1. The lowest BCUT2D eigenvalue weighted by Crippen LogP contribution is -2.40. The summed E-state index contributed by atoms with van der Waals surface area (Å²) in [6.07, 6.45) is 4.52. The first-order valence-corrected chi connectivity index (χ1v) is 9.02. The molecule has 0 unspecified atom stereocenters. The SMILES string of the molecule is CC[C@H](c1ccc(OC)cc1)N(C)C(=O)NCCCN1CCCC1. The van der Waals surface area contributed by atoms with E-state index < -0.39 is 0 Å². The molecule has 1 atom stereocenters. The van der Waals surface area contributed by atoms with Gasteiger partial charge in [-0.2, -0.15) is 0 Å². The Morgan fingerprint density at radius 1 is 1.29 bits per heavy atom. The molecule has 134 valence electrons. The minimum atomic E-state index is -0.000843. The van der Waals surface area contributed by atoms with Crippen molar-refractivity contribution in [3.8, 4) is 5.75 Å². The van der Waals surface area contributed by atoms with Crippen molar-refractivity contribution in [2.75, 3.05) is 40.3 Å². The first-order chi connectivity index (χ1) is 11.7. The van der Waals surface area contributed by atoms with Crippen molar-refractivity contribution in [2.45, 2.75) is 38.6 Å². The third kappa shape index (κ3) is 5.13. The summed E-state index contributed by atoms with van der Waals surface area (Å²) in [6.45, 7) is 6.34. The summed E-state index contributed by atoms with van der Waals surface area (Å²) in [4.78, 5) is 16.7. The molecule has 1 aromatic rings. The quantitative estimate of drug-likeness (QED) is 0.743. The monoisotopic (exact) mass is 333 g/mol. The lowest BCUT2D eigenvalue weighted by Gasteiger charge is -2.28. The number of carbonyl (C=O) groups is 1. The van der Waals surface area contributed by atoms with Gasteiger partial charge in [-0.25, -0.2) is 4.79 Å². The maximum Gasteiger partial charge on any atom is 0.317 e. The van der Waals surface area contributed by atoms with Crippen molar-refractivity contribution < 1.29 is 9.53 Å². The molecule has 0 saturated carbocycles. The zero-order valence-corrected chi connectivity index (χ0v) is 15.3. The Morgan fingerprint density at radius 2 is 1.96 bits per heavy atom. The molecule has 1 aliphatic heterocycles. The van der Waals surface area contributed by atoms with Gasteiger partial charge < -0.3 is 19.9 Å². The van der Waals surface area contributed by atoms with Gasteiger partial charge in [-0.05, 0) is 63.0 Å². The first kappa shape index (κ1) is 18.6. The van der Waals surface area contributed by atoms with Crippen LogP contribution in [0.1, 0.15) is 44.2 Å². The minimum absolute atomic E-state index is 0.000843. The van der Waals surface area contributed by atoms with Crippen molar-refractivity contribution in [2.24, 2.45) is 0 Å². The van der Waals surface area contributed by atoms with Gasteiger partial charge in [0.15, 0.2) is 0 Å². The Balaban J connectivity index is 1.80. The van der Waals surface area contributed by atoms with Crippen LogP contribution in [-0.4, -0.2) is 56.2 Å². The van der Waals surface area contributed by atoms with Crippen LogP contribution in [-0.2, 0) is 0 Å². The van der Waals surface area contributed by atoms with Crippen LogP contribution in [0, 0.1) is 0 Å². The largest absolute Gasteiger partial charge is 0.497 e. The third-order valence-corrected chi connectivity index (χ3v) is 4.80. The van der Waals surface area contributed by atoms with E-state index in [-0.39, 0.29) is 12.1 Å².